The lowest BCUT2D eigenvalue weighted by atomic mass is 10.1. The van der Waals surface area contributed by atoms with E-state index in [0.29, 0.717) is 10.9 Å². The average Bonchev–Trinajstić information content (AvgIpc) is 2.45. The largest absolute Gasteiger partial charge is 0.389 e. The minimum absolute atomic E-state index is 0.418. The van der Waals surface area contributed by atoms with Gasteiger partial charge in [0.1, 0.15) is 10.8 Å². The molecule has 0 saturated carbocycles. The number of thiocarbonyl (C=S) groups is 1. The molecule has 1 aromatic heterocycles. The zero-order valence-electron chi connectivity index (χ0n) is 12.3. The van der Waals surface area contributed by atoms with Crippen LogP contribution in [0.1, 0.15) is 25.8 Å². The van der Waals surface area contributed by atoms with Crippen LogP contribution in [-0.2, 0) is 0 Å². The first-order valence-electron chi connectivity index (χ1n) is 6.93. The van der Waals surface area contributed by atoms with E-state index in [0.717, 1.165) is 35.2 Å². The Bertz CT molecular complexity index is 624. The highest BCUT2D eigenvalue weighted by atomic mass is 32.1. The summed E-state index contributed by atoms with van der Waals surface area (Å²) in [5.74, 6) is 1.55. The van der Waals surface area contributed by atoms with Crippen molar-refractivity contribution < 1.29 is 0 Å². The van der Waals surface area contributed by atoms with Crippen LogP contribution in [0, 0.1) is 5.92 Å². The molecule has 0 spiro atoms. The lowest BCUT2D eigenvalue weighted by Gasteiger charge is -2.23. The summed E-state index contributed by atoms with van der Waals surface area (Å²) in [4.78, 5) is 7.30. The summed E-state index contributed by atoms with van der Waals surface area (Å²) >= 11 is 5.18. The van der Waals surface area contributed by atoms with Gasteiger partial charge in [0, 0.05) is 24.5 Å². The van der Waals surface area contributed by atoms with E-state index < -0.39 is 0 Å². The third-order valence-corrected chi connectivity index (χ3v) is 3.86. The standard InChI is InChI=1S/C16H21N3S/c1-4-11(2)10-19(3)15-9-13(16(17)20)12-7-5-6-8-14(12)18-15/h5-9,11H,4,10H2,1-3H3,(H2,17,20). The summed E-state index contributed by atoms with van der Waals surface area (Å²) in [7, 11) is 2.06. The zero-order valence-corrected chi connectivity index (χ0v) is 13.1. The monoisotopic (exact) mass is 287 g/mol. The molecule has 0 fully saturated rings. The normalized spacial score (nSPS) is 12.3. The number of hydrogen-bond donors (Lipinski definition) is 1. The van der Waals surface area contributed by atoms with Crippen molar-refractivity contribution in [3.8, 4) is 0 Å². The molecule has 1 atom stereocenters. The van der Waals surface area contributed by atoms with Gasteiger partial charge in [0.2, 0.25) is 0 Å². The smallest absolute Gasteiger partial charge is 0.129 e. The Hall–Kier alpha value is -1.68. The van der Waals surface area contributed by atoms with E-state index in [1.165, 1.54) is 0 Å². The number of pyridine rings is 1. The summed E-state index contributed by atoms with van der Waals surface area (Å²) in [6.07, 6.45) is 1.15. The topological polar surface area (TPSA) is 42.1 Å². The molecule has 2 rings (SSSR count). The van der Waals surface area contributed by atoms with Gasteiger partial charge in [0.25, 0.3) is 0 Å². The second-order valence-corrected chi connectivity index (χ2v) is 5.74. The van der Waals surface area contributed by atoms with Crippen LogP contribution >= 0.6 is 12.2 Å². The molecule has 0 bridgehead atoms. The molecule has 0 aliphatic rings. The van der Waals surface area contributed by atoms with Crippen LogP contribution in [0.4, 0.5) is 5.82 Å². The maximum absolute atomic E-state index is 5.86. The number of hydrogen-bond acceptors (Lipinski definition) is 3. The average molecular weight is 287 g/mol. The van der Waals surface area contributed by atoms with Gasteiger partial charge in [-0.25, -0.2) is 4.98 Å². The van der Waals surface area contributed by atoms with E-state index in [4.69, 9.17) is 22.9 Å². The van der Waals surface area contributed by atoms with Crippen molar-refractivity contribution in [3.63, 3.8) is 0 Å². The van der Waals surface area contributed by atoms with Gasteiger partial charge in [-0.05, 0) is 18.1 Å². The van der Waals surface area contributed by atoms with Gasteiger partial charge < -0.3 is 10.6 Å². The highest BCUT2D eigenvalue weighted by molar-refractivity contribution is 7.80. The lowest BCUT2D eigenvalue weighted by Crippen LogP contribution is -2.25. The maximum Gasteiger partial charge on any atom is 0.129 e. The van der Waals surface area contributed by atoms with Crippen molar-refractivity contribution in [3.05, 3.63) is 35.9 Å². The number of benzene rings is 1. The van der Waals surface area contributed by atoms with Crippen LogP contribution in [0.25, 0.3) is 10.9 Å². The van der Waals surface area contributed by atoms with E-state index in [-0.39, 0.29) is 0 Å². The summed E-state index contributed by atoms with van der Waals surface area (Å²) in [5.41, 5.74) is 7.70. The van der Waals surface area contributed by atoms with E-state index in [9.17, 15) is 0 Å². The van der Waals surface area contributed by atoms with Gasteiger partial charge >= 0.3 is 0 Å². The fourth-order valence-corrected chi connectivity index (χ4v) is 2.42. The number of aromatic nitrogens is 1. The molecule has 3 nitrogen and oxygen atoms in total. The number of nitrogens with zero attached hydrogens (tertiary/aromatic N) is 2. The lowest BCUT2D eigenvalue weighted by molar-refractivity contribution is 0.558. The van der Waals surface area contributed by atoms with Crippen LogP contribution in [0.3, 0.4) is 0 Å². The summed E-state index contributed by atoms with van der Waals surface area (Å²) in [6.45, 7) is 5.41. The van der Waals surface area contributed by atoms with E-state index in [2.05, 4.69) is 25.8 Å². The molecular weight excluding hydrogens is 266 g/mol. The van der Waals surface area contributed by atoms with Crippen molar-refractivity contribution in [1.29, 1.82) is 0 Å². The third-order valence-electron chi connectivity index (χ3n) is 3.64. The Labute approximate surface area is 125 Å². The van der Waals surface area contributed by atoms with Crippen molar-refractivity contribution in [2.24, 2.45) is 11.7 Å². The van der Waals surface area contributed by atoms with Crippen molar-refractivity contribution in [1.82, 2.24) is 4.98 Å². The third kappa shape index (κ3) is 3.07. The number of anilines is 1. The summed E-state index contributed by atoms with van der Waals surface area (Å²) in [5, 5.41) is 1.01. The molecule has 2 N–H and O–H groups in total. The van der Waals surface area contributed by atoms with Crippen LogP contribution in [0.5, 0.6) is 0 Å². The molecule has 0 radical (unpaired) electrons. The Balaban J connectivity index is 2.47. The molecule has 20 heavy (non-hydrogen) atoms. The van der Waals surface area contributed by atoms with Crippen LogP contribution < -0.4 is 10.6 Å². The fraction of sp³-hybridized carbons (Fsp3) is 0.375. The summed E-state index contributed by atoms with van der Waals surface area (Å²) in [6, 6.07) is 9.96. The minimum atomic E-state index is 0.418. The van der Waals surface area contributed by atoms with Crippen molar-refractivity contribution in [2.75, 3.05) is 18.5 Å². The first-order valence-corrected chi connectivity index (χ1v) is 7.34. The molecule has 0 amide bonds. The highest BCUT2D eigenvalue weighted by Crippen LogP contribution is 2.23. The molecule has 0 aliphatic carbocycles. The molecule has 106 valence electrons. The van der Waals surface area contributed by atoms with Gasteiger partial charge in [-0.2, -0.15) is 0 Å². The number of para-hydroxylation sites is 1. The zero-order chi connectivity index (χ0) is 14.7. The summed E-state index contributed by atoms with van der Waals surface area (Å²) < 4.78 is 0. The van der Waals surface area contributed by atoms with Gasteiger partial charge in [-0.1, -0.05) is 50.7 Å². The first kappa shape index (κ1) is 14.7. The Morgan fingerprint density at radius 2 is 2.10 bits per heavy atom. The highest BCUT2D eigenvalue weighted by Gasteiger charge is 2.12. The van der Waals surface area contributed by atoms with E-state index in [1.54, 1.807) is 0 Å². The molecule has 0 saturated heterocycles. The number of rotatable bonds is 5. The van der Waals surface area contributed by atoms with Gasteiger partial charge in [0.15, 0.2) is 0 Å². The minimum Gasteiger partial charge on any atom is -0.389 e. The van der Waals surface area contributed by atoms with Crippen LogP contribution in [0.2, 0.25) is 0 Å². The Morgan fingerprint density at radius 3 is 2.75 bits per heavy atom. The van der Waals surface area contributed by atoms with Gasteiger partial charge in [0.05, 0.1) is 5.52 Å². The van der Waals surface area contributed by atoms with Crippen molar-refractivity contribution in [2.45, 2.75) is 20.3 Å². The van der Waals surface area contributed by atoms with Crippen LogP contribution in [0.15, 0.2) is 30.3 Å². The van der Waals surface area contributed by atoms with E-state index >= 15 is 0 Å². The predicted molar refractivity (Wildman–Crippen MR) is 90.4 cm³/mol. The first-order chi connectivity index (χ1) is 9.52. The Morgan fingerprint density at radius 1 is 1.40 bits per heavy atom. The second kappa shape index (κ2) is 6.18. The Kier molecular flexibility index (Phi) is 4.55. The molecule has 0 aliphatic heterocycles. The van der Waals surface area contributed by atoms with Gasteiger partial charge in [-0.15, -0.1) is 0 Å². The van der Waals surface area contributed by atoms with Crippen molar-refractivity contribution >= 4 is 33.9 Å². The van der Waals surface area contributed by atoms with Crippen LogP contribution in [-0.4, -0.2) is 23.6 Å². The van der Waals surface area contributed by atoms with E-state index in [1.807, 2.05) is 30.3 Å². The molecule has 4 heteroatoms. The molecule has 2 aromatic rings. The fourth-order valence-electron chi connectivity index (χ4n) is 2.25. The second-order valence-electron chi connectivity index (χ2n) is 5.30. The molecule has 1 heterocycles. The quantitative estimate of drug-likeness (QED) is 0.856. The van der Waals surface area contributed by atoms with Gasteiger partial charge in [-0.3, -0.25) is 0 Å². The number of fused-ring (bicyclic) bond motifs is 1. The molecule has 1 aromatic carbocycles. The molecular formula is C16H21N3S. The molecule has 1 unspecified atom stereocenters. The predicted octanol–water partition coefficient (Wildman–Crippen LogP) is 3.35. The maximum atomic E-state index is 5.86. The SMILES string of the molecule is CCC(C)CN(C)c1cc(C(N)=S)c2ccccc2n1. The number of nitrogens with two attached hydrogens (primary N) is 1.